The highest BCUT2D eigenvalue weighted by molar-refractivity contribution is 6.07. The first-order chi connectivity index (χ1) is 12.2. The number of pyridine rings is 1. The smallest absolute Gasteiger partial charge is 0.338 e. The average Bonchev–Trinajstić information content (AvgIpc) is 2.59. The summed E-state index contributed by atoms with van der Waals surface area (Å²) in [5.74, 6) is -0.318. The molecule has 1 aromatic carbocycles. The van der Waals surface area contributed by atoms with E-state index in [1.54, 1.807) is 24.3 Å². The molecule has 1 heterocycles. The molecular formula is C21H21NO4. The molecule has 0 unspecified atom stereocenters. The van der Waals surface area contributed by atoms with E-state index in [0.717, 1.165) is 0 Å². The Morgan fingerprint density at radius 2 is 1.42 bits per heavy atom. The van der Waals surface area contributed by atoms with E-state index in [4.69, 9.17) is 6.42 Å². The SMILES string of the molecule is C#Cc1ccccc1-c1c(C(=O)O)c(C(C)C)nc(C(C)C)c1C(=O)O. The van der Waals surface area contributed by atoms with Gasteiger partial charge in [0.05, 0.1) is 22.5 Å². The van der Waals surface area contributed by atoms with E-state index in [0.29, 0.717) is 22.5 Å². The van der Waals surface area contributed by atoms with Crippen LogP contribution in [0.3, 0.4) is 0 Å². The van der Waals surface area contributed by atoms with E-state index in [1.807, 2.05) is 27.7 Å². The van der Waals surface area contributed by atoms with Crippen LogP contribution in [0, 0.1) is 12.3 Å². The van der Waals surface area contributed by atoms with Gasteiger partial charge in [0, 0.05) is 11.1 Å². The Balaban J connectivity index is 3.15. The Labute approximate surface area is 152 Å². The highest BCUT2D eigenvalue weighted by Gasteiger charge is 2.31. The van der Waals surface area contributed by atoms with Crippen LogP contribution in [0.25, 0.3) is 11.1 Å². The van der Waals surface area contributed by atoms with Crippen LogP contribution < -0.4 is 0 Å². The molecule has 134 valence electrons. The third kappa shape index (κ3) is 3.31. The molecule has 0 aliphatic carbocycles. The van der Waals surface area contributed by atoms with E-state index in [-0.39, 0.29) is 28.5 Å². The van der Waals surface area contributed by atoms with Crippen molar-refractivity contribution in [2.24, 2.45) is 0 Å². The van der Waals surface area contributed by atoms with Crippen molar-refractivity contribution in [1.29, 1.82) is 0 Å². The summed E-state index contributed by atoms with van der Waals surface area (Å²) in [6.45, 7) is 7.32. The lowest BCUT2D eigenvalue weighted by Gasteiger charge is -2.21. The summed E-state index contributed by atoms with van der Waals surface area (Å²) < 4.78 is 0. The maximum absolute atomic E-state index is 12.1. The van der Waals surface area contributed by atoms with Crippen LogP contribution in [-0.2, 0) is 0 Å². The fourth-order valence-corrected chi connectivity index (χ4v) is 2.99. The van der Waals surface area contributed by atoms with Crippen molar-refractivity contribution in [2.45, 2.75) is 39.5 Å². The molecule has 1 aromatic heterocycles. The van der Waals surface area contributed by atoms with E-state index in [9.17, 15) is 19.8 Å². The Hall–Kier alpha value is -3.13. The molecule has 5 nitrogen and oxygen atoms in total. The largest absolute Gasteiger partial charge is 0.478 e. The highest BCUT2D eigenvalue weighted by Crippen LogP contribution is 2.37. The summed E-state index contributed by atoms with van der Waals surface area (Å²) >= 11 is 0. The second kappa shape index (κ2) is 7.40. The minimum Gasteiger partial charge on any atom is -0.478 e. The summed E-state index contributed by atoms with van der Waals surface area (Å²) in [7, 11) is 0. The Morgan fingerprint density at radius 3 is 1.81 bits per heavy atom. The molecule has 0 aliphatic rings. The maximum Gasteiger partial charge on any atom is 0.338 e. The zero-order valence-corrected chi connectivity index (χ0v) is 15.2. The van der Waals surface area contributed by atoms with Crippen molar-refractivity contribution in [2.75, 3.05) is 0 Å². The monoisotopic (exact) mass is 351 g/mol. The summed E-state index contributed by atoms with van der Waals surface area (Å²) in [6.07, 6.45) is 5.58. The van der Waals surface area contributed by atoms with Crippen molar-refractivity contribution < 1.29 is 19.8 Å². The van der Waals surface area contributed by atoms with Gasteiger partial charge in [-0.25, -0.2) is 9.59 Å². The lowest BCUT2D eigenvalue weighted by Crippen LogP contribution is -2.18. The summed E-state index contributed by atoms with van der Waals surface area (Å²) in [5.41, 5.74) is 1.47. The number of rotatable bonds is 5. The minimum atomic E-state index is -1.22. The molecular weight excluding hydrogens is 330 g/mol. The first kappa shape index (κ1) is 19.2. The molecule has 0 radical (unpaired) electrons. The number of nitrogens with zero attached hydrogens (tertiary/aromatic N) is 1. The van der Waals surface area contributed by atoms with Gasteiger partial charge in [-0.2, -0.15) is 0 Å². The standard InChI is InChI=1S/C21H21NO4/c1-6-13-9-7-8-10-14(13)15-16(20(23)24)18(11(2)3)22-19(12(4)5)17(15)21(25)26/h1,7-12H,2-5H3,(H,23,24)(H,25,26). The van der Waals surface area contributed by atoms with Gasteiger partial charge in [-0.05, 0) is 23.5 Å². The molecule has 2 rings (SSSR count). The van der Waals surface area contributed by atoms with Crippen LogP contribution in [0.5, 0.6) is 0 Å². The first-order valence-corrected chi connectivity index (χ1v) is 8.31. The van der Waals surface area contributed by atoms with E-state index >= 15 is 0 Å². The number of hydrogen-bond donors (Lipinski definition) is 2. The molecule has 0 amide bonds. The highest BCUT2D eigenvalue weighted by atomic mass is 16.4. The molecule has 0 fully saturated rings. The topological polar surface area (TPSA) is 87.5 Å². The van der Waals surface area contributed by atoms with Crippen molar-refractivity contribution >= 4 is 11.9 Å². The van der Waals surface area contributed by atoms with Gasteiger partial charge in [0.25, 0.3) is 0 Å². The number of carboxylic acid groups (broad SMARTS) is 2. The molecule has 0 aliphatic heterocycles. The molecule has 5 heteroatoms. The van der Waals surface area contributed by atoms with Gasteiger partial charge < -0.3 is 10.2 Å². The van der Waals surface area contributed by atoms with E-state index in [1.165, 1.54) is 0 Å². The Morgan fingerprint density at radius 1 is 0.962 bits per heavy atom. The number of benzene rings is 1. The van der Waals surface area contributed by atoms with Crippen LogP contribution in [0.2, 0.25) is 0 Å². The number of carbonyl (C=O) groups is 2. The molecule has 26 heavy (non-hydrogen) atoms. The molecule has 2 N–H and O–H groups in total. The van der Waals surface area contributed by atoms with Crippen LogP contribution in [0.1, 0.15) is 77.2 Å². The van der Waals surface area contributed by atoms with Gasteiger partial charge in [-0.3, -0.25) is 4.98 Å². The summed E-state index contributed by atoms with van der Waals surface area (Å²) in [5, 5.41) is 19.7. The van der Waals surface area contributed by atoms with Gasteiger partial charge >= 0.3 is 11.9 Å². The second-order valence-electron chi connectivity index (χ2n) is 6.62. The fraction of sp³-hybridized carbons (Fsp3) is 0.286. The zero-order chi connectivity index (χ0) is 19.6. The second-order valence-corrected chi connectivity index (χ2v) is 6.62. The number of aromatic nitrogens is 1. The average molecular weight is 351 g/mol. The van der Waals surface area contributed by atoms with Gasteiger partial charge in [0.1, 0.15) is 0 Å². The van der Waals surface area contributed by atoms with Crippen LogP contribution >= 0.6 is 0 Å². The summed E-state index contributed by atoms with van der Waals surface area (Å²) in [6, 6.07) is 6.75. The van der Waals surface area contributed by atoms with Crippen molar-refractivity contribution in [3.05, 3.63) is 52.3 Å². The number of hydrogen-bond acceptors (Lipinski definition) is 3. The molecule has 0 saturated heterocycles. The van der Waals surface area contributed by atoms with Gasteiger partial charge in [-0.1, -0.05) is 51.8 Å². The lowest BCUT2D eigenvalue weighted by atomic mass is 9.85. The first-order valence-electron chi connectivity index (χ1n) is 8.31. The molecule has 0 saturated carbocycles. The van der Waals surface area contributed by atoms with Crippen molar-refractivity contribution in [3.8, 4) is 23.5 Å². The van der Waals surface area contributed by atoms with Crippen molar-refractivity contribution in [3.63, 3.8) is 0 Å². The lowest BCUT2D eigenvalue weighted by molar-refractivity contribution is 0.0694. The maximum atomic E-state index is 12.1. The van der Waals surface area contributed by atoms with Gasteiger partial charge in [-0.15, -0.1) is 6.42 Å². The predicted molar refractivity (Wildman–Crippen MR) is 99.7 cm³/mol. The third-order valence-corrected chi connectivity index (χ3v) is 4.13. The van der Waals surface area contributed by atoms with Gasteiger partial charge in [0.15, 0.2) is 0 Å². The van der Waals surface area contributed by atoms with Crippen LogP contribution in [0.15, 0.2) is 24.3 Å². The molecule has 0 atom stereocenters. The molecule has 0 spiro atoms. The summed E-state index contributed by atoms with van der Waals surface area (Å²) in [4.78, 5) is 28.6. The van der Waals surface area contributed by atoms with Crippen LogP contribution in [-0.4, -0.2) is 27.1 Å². The Kier molecular flexibility index (Phi) is 5.47. The molecule has 2 aromatic rings. The van der Waals surface area contributed by atoms with E-state index in [2.05, 4.69) is 10.9 Å². The van der Waals surface area contributed by atoms with Crippen LogP contribution in [0.4, 0.5) is 0 Å². The molecule has 0 bridgehead atoms. The predicted octanol–water partition coefficient (Wildman–Crippen LogP) is 4.37. The number of carboxylic acids is 2. The van der Waals surface area contributed by atoms with E-state index < -0.39 is 11.9 Å². The minimum absolute atomic E-state index is 0.107. The van der Waals surface area contributed by atoms with Crippen molar-refractivity contribution in [1.82, 2.24) is 4.98 Å². The number of terminal acetylenes is 1. The quantitative estimate of drug-likeness (QED) is 0.781. The zero-order valence-electron chi connectivity index (χ0n) is 15.2. The van der Waals surface area contributed by atoms with Gasteiger partial charge in [0.2, 0.25) is 0 Å². The normalized spacial score (nSPS) is 10.8. The Bertz CT molecular complexity index is 876. The fourth-order valence-electron chi connectivity index (χ4n) is 2.99. The number of aromatic carboxylic acids is 2. The third-order valence-electron chi connectivity index (χ3n) is 4.13.